The number of fused-ring (bicyclic) bond motifs is 1. The minimum atomic E-state index is -4.04. The molecule has 2 N–H and O–H groups in total. The van der Waals surface area contributed by atoms with Gasteiger partial charge in [0.1, 0.15) is 5.00 Å². The number of carbonyl (C=O) groups is 3. The van der Waals surface area contributed by atoms with Gasteiger partial charge in [-0.2, -0.15) is 0 Å². The molecule has 0 aliphatic heterocycles. The molecule has 0 spiro atoms. The fourth-order valence-corrected chi connectivity index (χ4v) is 9.12. The maximum absolute atomic E-state index is 13.7. The molecule has 0 bridgehead atoms. The number of benzene rings is 4. The average Bonchev–Trinajstić information content (AvgIpc) is 3.56. The van der Waals surface area contributed by atoms with Crippen LogP contribution in [0.25, 0.3) is 5.70 Å². The molecule has 0 atom stereocenters. The topological polar surface area (TPSA) is 122 Å². The van der Waals surface area contributed by atoms with Gasteiger partial charge in [-0.05, 0) is 123 Å². The van der Waals surface area contributed by atoms with Crippen molar-refractivity contribution in [2.45, 2.75) is 56.8 Å². The van der Waals surface area contributed by atoms with Crippen LogP contribution in [0.4, 0.5) is 16.4 Å². The van der Waals surface area contributed by atoms with Gasteiger partial charge in [0.15, 0.2) is 5.78 Å². The van der Waals surface area contributed by atoms with Crippen molar-refractivity contribution in [3.05, 3.63) is 147 Å². The molecule has 9 nitrogen and oxygen atoms in total. The highest BCUT2D eigenvalue weighted by molar-refractivity contribution is 7.92. The first-order valence-corrected chi connectivity index (χ1v) is 20.1. The van der Waals surface area contributed by atoms with E-state index in [2.05, 4.69) is 29.3 Å². The molecule has 6 rings (SSSR count). The lowest BCUT2D eigenvalue weighted by molar-refractivity contribution is 0.0600. The molecule has 0 saturated heterocycles. The maximum Gasteiger partial charge on any atom is 0.337 e. The predicted molar refractivity (Wildman–Crippen MR) is 216 cm³/mol. The summed E-state index contributed by atoms with van der Waals surface area (Å²) in [5.41, 5.74) is 7.64. The van der Waals surface area contributed by atoms with Gasteiger partial charge in [0.2, 0.25) is 0 Å². The molecule has 1 amide bonds. The van der Waals surface area contributed by atoms with Crippen LogP contribution in [0.3, 0.4) is 0 Å². The fraction of sp³-hybridized carbons (Fsp3) is 0.233. The summed E-state index contributed by atoms with van der Waals surface area (Å²) in [7, 11) is -1.34. The molecule has 1 aromatic heterocycles. The standard InChI is InChI=1S/C43H43N3O6S2/c1-28(44-35-23-17-31(18-24-35)10-7-9-30-15-19-32(20-16-30)29(2)47)40-38-13-5-6-14-39(38)53-42(40)45-41(48)34-11-8-12-37(27-34)54(50,51)46(3)36-25-21-33(22-26-36)43(49)52-4/h8,11-12,15-27,44H,1,5-7,9-10,13-14H2,2-4H3,(H,45,48). The van der Waals surface area contributed by atoms with Crippen LogP contribution in [0, 0.1) is 0 Å². The van der Waals surface area contributed by atoms with E-state index in [-0.39, 0.29) is 16.2 Å². The first-order valence-electron chi connectivity index (χ1n) is 17.8. The number of anilines is 3. The number of nitrogens with one attached hydrogen (secondary N) is 2. The van der Waals surface area contributed by atoms with E-state index in [1.807, 2.05) is 36.4 Å². The van der Waals surface area contributed by atoms with E-state index in [1.54, 1.807) is 30.4 Å². The minimum Gasteiger partial charge on any atom is -0.465 e. The minimum absolute atomic E-state index is 0.0433. The number of methoxy groups -OCH3 is 1. The monoisotopic (exact) mass is 761 g/mol. The number of thiophene rings is 1. The smallest absolute Gasteiger partial charge is 0.337 e. The van der Waals surface area contributed by atoms with Crippen LogP contribution in [0.2, 0.25) is 0 Å². The lowest BCUT2D eigenvalue weighted by Gasteiger charge is -2.20. The summed E-state index contributed by atoms with van der Waals surface area (Å²) in [6.45, 7) is 5.97. The zero-order valence-electron chi connectivity index (χ0n) is 30.6. The Morgan fingerprint density at radius 1 is 0.815 bits per heavy atom. The van der Waals surface area contributed by atoms with Gasteiger partial charge >= 0.3 is 5.97 Å². The van der Waals surface area contributed by atoms with Gasteiger partial charge in [0, 0.05) is 40.0 Å². The Morgan fingerprint density at radius 3 is 2.09 bits per heavy atom. The normalized spacial score (nSPS) is 12.4. The number of amides is 1. The van der Waals surface area contributed by atoms with Gasteiger partial charge in [-0.1, -0.05) is 49.0 Å². The Hall–Kier alpha value is -5.52. The molecule has 1 aliphatic carbocycles. The predicted octanol–water partition coefficient (Wildman–Crippen LogP) is 8.95. The van der Waals surface area contributed by atoms with Crippen LogP contribution in [0.1, 0.15) is 84.4 Å². The number of rotatable bonds is 14. The molecule has 0 unspecified atom stereocenters. The second-order valence-electron chi connectivity index (χ2n) is 13.3. The van der Waals surface area contributed by atoms with Crippen molar-refractivity contribution in [1.82, 2.24) is 0 Å². The zero-order chi connectivity index (χ0) is 38.4. The number of aryl methyl sites for hydroxylation is 3. The number of Topliss-reactive ketones (excluding diaryl/α,β-unsaturated/α-hetero) is 1. The van der Waals surface area contributed by atoms with Crippen LogP contribution in [0.5, 0.6) is 0 Å². The lowest BCUT2D eigenvalue weighted by Crippen LogP contribution is -2.27. The zero-order valence-corrected chi connectivity index (χ0v) is 32.2. The first kappa shape index (κ1) is 38.2. The van der Waals surface area contributed by atoms with E-state index in [0.717, 1.165) is 66.1 Å². The molecular weight excluding hydrogens is 719 g/mol. The van der Waals surface area contributed by atoms with Crippen LogP contribution >= 0.6 is 11.3 Å². The fourth-order valence-electron chi connectivity index (χ4n) is 6.56. The highest BCUT2D eigenvalue weighted by atomic mass is 32.2. The number of hydrogen-bond acceptors (Lipinski definition) is 8. The number of carbonyl (C=O) groups excluding carboxylic acids is 3. The van der Waals surface area contributed by atoms with E-state index in [0.29, 0.717) is 21.9 Å². The van der Waals surface area contributed by atoms with Crippen molar-refractivity contribution in [2.75, 3.05) is 29.1 Å². The van der Waals surface area contributed by atoms with Crippen LogP contribution in [0.15, 0.2) is 109 Å². The second-order valence-corrected chi connectivity index (χ2v) is 16.4. The summed E-state index contributed by atoms with van der Waals surface area (Å²) < 4.78 is 33.1. The number of nitrogens with zero attached hydrogens (tertiary/aromatic N) is 1. The molecule has 0 fully saturated rings. The summed E-state index contributed by atoms with van der Waals surface area (Å²) >= 11 is 1.54. The molecule has 4 aromatic carbocycles. The van der Waals surface area contributed by atoms with Crippen LogP contribution in [-0.4, -0.2) is 40.2 Å². The summed E-state index contributed by atoms with van der Waals surface area (Å²) in [6.07, 6.45) is 6.77. The van der Waals surface area contributed by atoms with Gasteiger partial charge in [-0.25, -0.2) is 13.2 Å². The lowest BCUT2D eigenvalue weighted by atomic mass is 9.94. The van der Waals surface area contributed by atoms with E-state index in [4.69, 9.17) is 4.74 Å². The summed E-state index contributed by atoms with van der Waals surface area (Å²) in [4.78, 5) is 38.3. The van der Waals surface area contributed by atoms with Crippen molar-refractivity contribution in [1.29, 1.82) is 0 Å². The molecule has 0 radical (unpaired) electrons. The summed E-state index contributed by atoms with van der Waals surface area (Å²) in [5.74, 6) is -0.876. The quantitative estimate of drug-likeness (QED) is 0.0856. The average molecular weight is 762 g/mol. The molecular formula is C43H43N3O6S2. The van der Waals surface area contributed by atoms with Crippen molar-refractivity contribution >= 4 is 61.1 Å². The van der Waals surface area contributed by atoms with E-state index < -0.39 is 21.9 Å². The number of esters is 1. The maximum atomic E-state index is 13.7. The van der Waals surface area contributed by atoms with Gasteiger partial charge in [-0.15, -0.1) is 11.3 Å². The Kier molecular flexibility index (Phi) is 11.8. The first-order chi connectivity index (χ1) is 25.9. The Bertz CT molecular complexity index is 2290. The Balaban J connectivity index is 1.13. The third-order valence-corrected chi connectivity index (χ3v) is 12.6. The van der Waals surface area contributed by atoms with Gasteiger partial charge in [0.25, 0.3) is 15.9 Å². The SMILES string of the molecule is C=C(Nc1ccc(CCCc2ccc(C(C)=O)cc2)cc1)c1c(NC(=O)c2cccc(S(=O)(=O)N(C)c3ccc(C(=O)OC)cc3)c2)sc2c1CCCC2. The Labute approximate surface area is 320 Å². The molecule has 11 heteroatoms. The third-order valence-electron chi connectivity index (χ3n) is 9.65. The second kappa shape index (κ2) is 16.7. The Morgan fingerprint density at radius 2 is 1.44 bits per heavy atom. The van der Waals surface area contributed by atoms with Gasteiger partial charge < -0.3 is 15.4 Å². The van der Waals surface area contributed by atoms with E-state index >= 15 is 0 Å². The van der Waals surface area contributed by atoms with Crippen LogP contribution < -0.4 is 14.9 Å². The molecule has 1 heterocycles. The van der Waals surface area contributed by atoms with E-state index in [1.165, 1.54) is 72.1 Å². The largest absolute Gasteiger partial charge is 0.465 e. The number of ketones is 1. The number of hydrogen-bond donors (Lipinski definition) is 2. The van der Waals surface area contributed by atoms with Crippen molar-refractivity contribution < 1.29 is 27.5 Å². The van der Waals surface area contributed by atoms with E-state index in [9.17, 15) is 22.8 Å². The van der Waals surface area contributed by atoms with Crippen molar-refractivity contribution in [3.8, 4) is 0 Å². The highest BCUT2D eigenvalue weighted by Gasteiger charge is 2.26. The third kappa shape index (κ3) is 8.64. The molecule has 1 aliphatic rings. The summed E-state index contributed by atoms with van der Waals surface area (Å²) in [6, 6.07) is 28.1. The number of ether oxygens (including phenoxy) is 1. The molecule has 0 saturated carbocycles. The summed E-state index contributed by atoms with van der Waals surface area (Å²) in [5, 5.41) is 7.22. The highest BCUT2D eigenvalue weighted by Crippen LogP contribution is 2.42. The molecule has 278 valence electrons. The van der Waals surface area contributed by atoms with Crippen molar-refractivity contribution in [2.24, 2.45) is 0 Å². The molecule has 5 aromatic rings. The van der Waals surface area contributed by atoms with Crippen LogP contribution in [-0.2, 0) is 40.4 Å². The van der Waals surface area contributed by atoms with Gasteiger partial charge in [-0.3, -0.25) is 13.9 Å². The van der Waals surface area contributed by atoms with Crippen molar-refractivity contribution in [3.63, 3.8) is 0 Å². The number of sulfonamides is 1. The van der Waals surface area contributed by atoms with Gasteiger partial charge in [0.05, 0.1) is 23.3 Å². The molecule has 54 heavy (non-hydrogen) atoms.